The van der Waals surface area contributed by atoms with E-state index >= 15 is 0 Å². The maximum absolute atomic E-state index is 11.1. The molecule has 5 heteroatoms. The molecule has 1 aromatic heterocycles. The standard InChI is InChI=1S/C8H10ClNO3/c9-4-6(11)7(12)5-2-1-3-10-8(5)13/h1-3,6-7,11-12H,4H2,(H,10,13). The minimum Gasteiger partial charge on any atom is -0.389 e. The fourth-order valence-electron chi connectivity index (χ4n) is 0.959. The van der Waals surface area contributed by atoms with Gasteiger partial charge in [-0.05, 0) is 12.1 Å². The van der Waals surface area contributed by atoms with Crippen LogP contribution in [0.2, 0.25) is 0 Å². The lowest BCUT2D eigenvalue weighted by atomic mass is 10.1. The highest BCUT2D eigenvalue weighted by atomic mass is 35.5. The molecule has 1 rings (SSSR count). The van der Waals surface area contributed by atoms with Gasteiger partial charge in [0.15, 0.2) is 0 Å². The molecule has 0 amide bonds. The van der Waals surface area contributed by atoms with Crippen LogP contribution in [0.4, 0.5) is 0 Å². The second-order valence-electron chi connectivity index (χ2n) is 2.62. The van der Waals surface area contributed by atoms with Crippen molar-refractivity contribution in [3.8, 4) is 0 Å². The summed E-state index contributed by atoms with van der Waals surface area (Å²) in [5, 5.41) is 18.6. The van der Waals surface area contributed by atoms with Gasteiger partial charge in [-0.1, -0.05) is 0 Å². The van der Waals surface area contributed by atoms with Crippen LogP contribution in [0.5, 0.6) is 0 Å². The van der Waals surface area contributed by atoms with Gasteiger partial charge in [0, 0.05) is 11.8 Å². The number of aliphatic hydroxyl groups excluding tert-OH is 2. The first kappa shape index (κ1) is 10.2. The summed E-state index contributed by atoms with van der Waals surface area (Å²) in [6, 6.07) is 3.01. The van der Waals surface area contributed by atoms with Crippen molar-refractivity contribution in [2.24, 2.45) is 0 Å². The first-order chi connectivity index (χ1) is 6.16. The van der Waals surface area contributed by atoms with Gasteiger partial charge in [-0.2, -0.15) is 0 Å². The molecule has 0 aliphatic heterocycles. The fourth-order valence-corrected chi connectivity index (χ4v) is 1.13. The van der Waals surface area contributed by atoms with E-state index in [-0.39, 0.29) is 11.4 Å². The molecule has 0 aliphatic carbocycles. The van der Waals surface area contributed by atoms with Crippen molar-refractivity contribution < 1.29 is 10.2 Å². The summed E-state index contributed by atoms with van der Waals surface area (Å²) in [6.45, 7) is 0. The van der Waals surface area contributed by atoms with E-state index in [0.717, 1.165) is 0 Å². The van der Waals surface area contributed by atoms with Crippen LogP contribution in [0.15, 0.2) is 23.1 Å². The Labute approximate surface area is 79.8 Å². The minimum absolute atomic E-state index is 0.116. The number of aliphatic hydroxyl groups is 2. The van der Waals surface area contributed by atoms with Gasteiger partial charge in [0.1, 0.15) is 6.10 Å². The molecule has 13 heavy (non-hydrogen) atoms. The predicted molar refractivity (Wildman–Crippen MR) is 48.7 cm³/mol. The van der Waals surface area contributed by atoms with E-state index in [2.05, 4.69) is 4.98 Å². The van der Waals surface area contributed by atoms with Gasteiger partial charge >= 0.3 is 0 Å². The fraction of sp³-hybridized carbons (Fsp3) is 0.375. The maximum Gasteiger partial charge on any atom is 0.253 e. The van der Waals surface area contributed by atoms with Crippen molar-refractivity contribution in [2.75, 3.05) is 5.88 Å². The van der Waals surface area contributed by atoms with E-state index in [0.29, 0.717) is 0 Å². The van der Waals surface area contributed by atoms with E-state index in [4.69, 9.17) is 16.7 Å². The van der Waals surface area contributed by atoms with E-state index < -0.39 is 17.8 Å². The quantitative estimate of drug-likeness (QED) is 0.606. The van der Waals surface area contributed by atoms with Crippen LogP contribution in [-0.4, -0.2) is 27.2 Å². The zero-order valence-corrected chi connectivity index (χ0v) is 7.53. The summed E-state index contributed by atoms with van der Waals surface area (Å²) in [5.74, 6) is -0.116. The molecule has 4 nitrogen and oxygen atoms in total. The average molecular weight is 204 g/mol. The lowest BCUT2D eigenvalue weighted by Crippen LogP contribution is -2.25. The summed E-state index contributed by atoms with van der Waals surface area (Å²) in [6.07, 6.45) is -0.904. The summed E-state index contributed by atoms with van der Waals surface area (Å²) < 4.78 is 0. The van der Waals surface area contributed by atoms with Crippen LogP contribution in [-0.2, 0) is 0 Å². The van der Waals surface area contributed by atoms with E-state index in [1.54, 1.807) is 6.07 Å². The zero-order chi connectivity index (χ0) is 9.84. The third-order valence-electron chi connectivity index (χ3n) is 1.69. The molecule has 0 bridgehead atoms. The summed E-state index contributed by atoms with van der Waals surface area (Å²) >= 11 is 5.33. The summed E-state index contributed by atoms with van der Waals surface area (Å²) in [7, 11) is 0. The highest BCUT2D eigenvalue weighted by Crippen LogP contribution is 2.12. The lowest BCUT2D eigenvalue weighted by Gasteiger charge is -2.13. The third-order valence-corrected chi connectivity index (χ3v) is 2.01. The Morgan fingerprint density at radius 3 is 2.77 bits per heavy atom. The smallest absolute Gasteiger partial charge is 0.253 e. The normalized spacial score (nSPS) is 15.3. The summed E-state index contributed by atoms with van der Waals surface area (Å²) in [5.41, 5.74) is -0.296. The molecular weight excluding hydrogens is 194 g/mol. The largest absolute Gasteiger partial charge is 0.389 e. The number of halogens is 1. The number of alkyl halides is 1. The van der Waals surface area contributed by atoms with Gasteiger partial charge in [0.2, 0.25) is 0 Å². The van der Waals surface area contributed by atoms with Crippen molar-refractivity contribution in [1.82, 2.24) is 4.98 Å². The number of aromatic amines is 1. The molecular formula is C8H10ClNO3. The van der Waals surface area contributed by atoms with Crippen LogP contribution in [0.1, 0.15) is 11.7 Å². The first-order valence-corrected chi connectivity index (χ1v) is 4.30. The highest BCUT2D eigenvalue weighted by molar-refractivity contribution is 6.18. The van der Waals surface area contributed by atoms with Crippen LogP contribution in [0.25, 0.3) is 0 Å². The molecule has 0 saturated carbocycles. The molecule has 0 radical (unpaired) electrons. The Balaban J connectivity index is 2.95. The van der Waals surface area contributed by atoms with Gasteiger partial charge < -0.3 is 15.2 Å². The number of nitrogens with one attached hydrogen (secondary N) is 1. The molecule has 2 atom stereocenters. The molecule has 0 saturated heterocycles. The molecule has 3 N–H and O–H groups in total. The number of hydrogen-bond donors (Lipinski definition) is 3. The number of pyridine rings is 1. The number of H-pyrrole nitrogens is 1. The number of hydrogen-bond acceptors (Lipinski definition) is 3. The molecule has 2 unspecified atom stereocenters. The van der Waals surface area contributed by atoms with Crippen molar-refractivity contribution in [2.45, 2.75) is 12.2 Å². The second-order valence-corrected chi connectivity index (χ2v) is 2.93. The van der Waals surface area contributed by atoms with E-state index in [9.17, 15) is 9.90 Å². The van der Waals surface area contributed by atoms with Gasteiger partial charge in [-0.15, -0.1) is 11.6 Å². The molecule has 1 aromatic rings. The lowest BCUT2D eigenvalue weighted by molar-refractivity contribution is 0.0318. The Hall–Kier alpha value is -0.840. The van der Waals surface area contributed by atoms with Crippen LogP contribution < -0.4 is 5.56 Å². The average Bonchev–Trinajstić information content (AvgIpc) is 2.16. The molecule has 0 spiro atoms. The topological polar surface area (TPSA) is 73.3 Å². The van der Waals surface area contributed by atoms with Gasteiger partial charge in [-0.25, -0.2) is 0 Å². The molecule has 1 heterocycles. The highest BCUT2D eigenvalue weighted by Gasteiger charge is 2.19. The molecule has 0 aromatic carbocycles. The van der Waals surface area contributed by atoms with Crippen molar-refractivity contribution in [1.29, 1.82) is 0 Å². The van der Waals surface area contributed by atoms with E-state index in [1.807, 2.05) is 0 Å². The minimum atomic E-state index is -1.23. The zero-order valence-electron chi connectivity index (χ0n) is 6.77. The monoisotopic (exact) mass is 203 g/mol. The van der Waals surface area contributed by atoms with E-state index in [1.165, 1.54) is 12.3 Å². The third kappa shape index (κ3) is 2.30. The van der Waals surface area contributed by atoms with Gasteiger partial charge in [-0.3, -0.25) is 4.79 Å². The molecule has 72 valence electrons. The Kier molecular flexibility index (Phi) is 3.48. The maximum atomic E-state index is 11.1. The Bertz CT molecular complexity index is 325. The van der Waals surface area contributed by atoms with Crippen LogP contribution in [0.3, 0.4) is 0 Å². The SMILES string of the molecule is O=c1[nH]cccc1C(O)C(O)CCl. The Morgan fingerprint density at radius 2 is 2.23 bits per heavy atom. The van der Waals surface area contributed by atoms with Gasteiger partial charge in [0.05, 0.1) is 12.0 Å². The van der Waals surface area contributed by atoms with Gasteiger partial charge in [0.25, 0.3) is 5.56 Å². The first-order valence-electron chi connectivity index (χ1n) is 3.76. The van der Waals surface area contributed by atoms with Crippen molar-refractivity contribution in [3.63, 3.8) is 0 Å². The molecule has 0 fully saturated rings. The summed E-state index contributed by atoms with van der Waals surface area (Å²) in [4.78, 5) is 13.5. The number of aromatic nitrogens is 1. The number of rotatable bonds is 3. The van der Waals surface area contributed by atoms with Crippen molar-refractivity contribution in [3.05, 3.63) is 34.2 Å². The predicted octanol–water partition coefficient (Wildman–Crippen LogP) is 0.00800. The Morgan fingerprint density at radius 1 is 1.54 bits per heavy atom. The second kappa shape index (κ2) is 4.41. The van der Waals surface area contributed by atoms with Crippen LogP contribution in [0, 0.1) is 0 Å². The van der Waals surface area contributed by atoms with Crippen LogP contribution >= 0.6 is 11.6 Å². The van der Waals surface area contributed by atoms with Crippen molar-refractivity contribution >= 4 is 11.6 Å². The molecule has 0 aliphatic rings.